The van der Waals surface area contributed by atoms with E-state index in [1.807, 2.05) is 6.92 Å². The lowest BCUT2D eigenvalue weighted by Gasteiger charge is -1.94. The fourth-order valence-electron chi connectivity index (χ4n) is 1.23. The van der Waals surface area contributed by atoms with Crippen LogP contribution in [0.2, 0.25) is 0 Å². The lowest BCUT2D eigenvalue weighted by molar-refractivity contribution is 0.679. The molecule has 0 atom stereocenters. The Morgan fingerprint density at radius 2 is 2.31 bits per heavy atom. The number of aromatic nitrogens is 4. The van der Waals surface area contributed by atoms with Crippen LogP contribution in [-0.4, -0.2) is 24.7 Å². The van der Waals surface area contributed by atoms with Crippen molar-refractivity contribution in [1.29, 1.82) is 0 Å². The van der Waals surface area contributed by atoms with E-state index in [0.29, 0.717) is 12.4 Å². The Kier molecular flexibility index (Phi) is 2.97. The zero-order valence-electron chi connectivity index (χ0n) is 8.97. The molecule has 2 aromatic heterocycles. The summed E-state index contributed by atoms with van der Waals surface area (Å²) in [7, 11) is 0. The Morgan fingerprint density at radius 1 is 1.56 bits per heavy atom. The van der Waals surface area contributed by atoms with Gasteiger partial charge in [0.2, 0.25) is 5.82 Å². The highest BCUT2D eigenvalue weighted by molar-refractivity contribution is 7.80. The summed E-state index contributed by atoms with van der Waals surface area (Å²) < 4.78 is 1.69. The summed E-state index contributed by atoms with van der Waals surface area (Å²) in [6.07, 6.45) is 1.61. The van der Waals surface area contributed by atoms with Crippen LogP contribution in [0.4, 0.5) is 0 Å². The average Bonchev–Trinajstić information content (AvgIpc) is 2.76. The van der Waals surface area contributed by atoms with Crippen LogP contribution in [0.1, 0.15) is 21.4 Å². The van der Waals surface area contributed by atoms with Gasteiger partial charge < -0.3 is 5.73 Å². The van der Waals surface area contributed by atoms with E-state index in [9.17, 15) is 0 Å². The normalized spacial score (nSPS) is 10.6. The summed E-state index contributed by atoms with van der Waals surface area (Å²) in [4.78, 5) is 9.87. The van der Waals surface area contributed by atoms with E-state index < -0.39 is 0 Å². The molecule has 0 aromatic carbocycles. The zero-order valence-corrected chi connectivity index (χ0v) is 10.6. The number of thiocarbonyl (C=S) groups is 1. The van der Waals surface area contributed by atoms with E-state index in [0.717, 1.165) is 10.7 Å². The van der Waals surface area contributed by atoms with Crippen LogP contribution in [0, 0.1) is 13.8 Å². The summed E-state index contributed by atoms with van der Waals surface area (Å²) in [5, 5.41) is 5.16. The van der Waals surface area contributed by atoms with Gasteiger partial charge >= 0.3 is 0 Å². The number of rotatable bonds is 3. The Labute approximate surface area is 102 Å². The van der Waals surface area contributed by atoms with Gasteiger partial charge in [0, 0.05) is 4.88 Å². The Balaban J connectivity index is 2.17. The fourth-order valence-corrected chi connectivity index (χ4v) is 2.25. The van der Waals surface area contributed by atoms with Gasteiger partial charge in [0.25, 0.3) is 0 Å². The Morgan fingerprint density at radius 3 is 2.81 bits per heavy atom. The number of hydrogen-bond acceptors (Lipinski definition) is 5. The van der Waals surface area contributed by atoms with Crippen LogP contribution < -0.4 is 5.73 Å². The maximum Gasteiger partial charge on any atom is 0.208 e. The Hall–Kier alpha value is -1.34. The SMILES string of the molecule is Cc1nc(Cn2cnc(C(N)=S)n2)sc1C. The molecule has 2 aromatic rings. The first-order valence-corrected chi connectivity index (χ1v) is 5.91. The highest BCUT2D eigenvalue weighted by Crippen LogP contribution is 2.16. The number of hydrogen-bond donors (Lipinski definition) is 1. The van der Waals surface area contributed by atoms with Gasteiger partial charge in [-0.2, -0.15) is 0 Å². The van der Waals surface area contributed by atoms with Crippen LogP contribution in [0.25, 0.3) is 0 Å². The molecule has 0 aliphatic heterocycles. The van der Waals surface area contributed by atoms with Gasteiger partial charge in [-0.25, -0.2) is 14.6 Å². The lowest BCUT2D eigenvalue weighted by Crippen LogP contribution is -2.12. The summed E-state index contributed by atoms with van der Waals surface area (Å²) in [6.45, 7) is 4.66. The van der Waals surface area contributed by atoms with E-state index in [2.05, 4.69) is 22.0 Å². The van der Waals surface area contributed by atoms with Crippen molar-refractivity contribution in [3.8, 4) is 0 Å². The Bertz CT molecular complexity index is 508. The highest BCUT2D eigenvalue weighted by atomic mass is 32.1. The summed E-state index contributed by atoms with van der Waals surface area (Å²) >= 11 is 6.45. The molecule has 0 fully saturated rings. The van der Waals surface area contributed by atoms with Gasteiger partial charge in [-0.1, -0.05) is 12.2 Å². The lowest BCUT2D eigenvalue weighted by atomic mass is 10.4. The van der Waals surface area contributed by atoms with Crippen LogP contribution in [-0.2, 0) is 6.54 Å². The van der Waals surface area contributed by atoms with E-state index in [1.54, 1.807) is 22.3 Å². The highest BCUT2D eigenvalue weighted by Gasteiger charge is 2.07. The van der Waals surface area contributed by atoms with Crippen molar-refractivity contribution in [3.63, 3.8) is 0 Å². The fraction of sp³-hybridized carbons (Fsp3) is 0.333. The van der Waals surface area contributed by atoms with Gasteiger partial charge in [0.1, 0.15) is 16.3 Å². The molecule has 0 aliphatic rings. The van der Waals surface area contributed by atoms with E-state index in [1.165, 1.54) is 4.88 Å². The molecule has 2 heterocycles. The van der Waals surface area contributed by atoms with Gasteiger partial charge in [-0.05, 0) is 13.8 Å². The van der Waals surface area contributed by atoms with Crippen molar-refractivity contribution in [3.05, 3.63) is 27.7 Å². The van der Waals surface area contributed by atoms with Crippen LogP contribution in [0.5, 0.6) is 0 Å². The average molecular weight is 253 g/mol. The maximum atomic E-state index is 5.43. The maximum absolute atomic E-state index is 5.43. The summed E-state index contributed by atoms with van der Waals surface area (Å²) in [6, 6.07) is 0. The molecule has 0 amide bonds. The number of nitrogens with zero attached hydrogens (tertiary/aromatic N) is 4. The first-order valence-electron chi connectivity index (χ1n) is 4.68. The second-order valence-corrected chi connectivity index (χ2v) is 5.11. The third-order valence-corrected chi connectivity index (χ3v) is 3.37. The molecule has 84 valence electrons. The summed E-state index contributed by atoms with van der Waals surface area (Å²) in [5.74, 6) is 0.403. The summed E-state index contributed by atoms with van der Waals surface area (Å²) in [5.41, 5.74) is 6.49. The largest absolute Gasteiger partial charge is 0.387 e. The van der Waals surface area contributed by atoms with Crippen molar-refractivity contribution in [1.82, 2.24) is 19.7 Å². The molecule has 7 heteroatoms. The molecule has 0 saturated carbocycles. The monoisotopic (exact) mass is 253 g/mol. The van der Waals surface area contributed by atoms with Gasteiger partial charge in [-0.15, -0.1) is 16.4 Å². The predicted octanol–water partition coefficient (Wildman–Crippen LogP) is 1.03. The molecule has 5 nitrogen and oxygen atoms in total. The standard InChI is InChI=1S/C9H11N5S2/c1-5-6(2)16-7(12-5)3-14-4-11-9(13-14)8(10)15/h4H,3H2,1-2H3,(H2,10,15). The van der Waals surface area contributed by atoms with E-state index in [4.69, 9.17) is 18.0 Å². The molecule has 2 N–H and O–H groups in total. The first kappa shape index (κ1) is 11.2. The minimum Gasteiger partial charge on any atom is -0.387 e. The molecule has 0 radical (unpaired) electrons. The van der Waals surface area contributed by atoms with Crippen molar-refractivity contribution in [2.24, 2.45) is 5.73 Å². The molecule has 2 rings (SSSR count). The van der Waals surface area contributed by atoms with Crippen LogP contribution in [0.15, 0.2) is 6.33 Å². The third-order valence-electron chi connectivity index (χ3n) is 2.13. The molecule has 0 bridgehead atoms. The number of nitrogens with two attached hydrogens (primary N) is 1. The van der Waals surface area contributed by atoms with E-state index >= 15 is 0 Å². The smallest absolute Gasteiger partial charge is 0.208 e. The van der Waals surface area contributed by atoms with Gasteiger partial charge in [0.15, 0.2) is 0 Å². The predicted molar refractivity (Wildman–Crippen MR) is 66.6 cm³/mol. The molecule has 0 spiro atoms. The minimum atomic E-state index is 0.213. The topological polar surface area (TPSA) is 69.6 Å². The van der Waals surface area contributed by atoms with Gasteiger partial charge in [0.05, 0.1) is 12.2 Å². The quantitative estimate of drug-likeness (QED) is 0.827. The first-order chi connectivity index (χ1) is 7.56. The zero-order chi connectivity index (χ0) is 11.7. The van der Waals surface area contributed by atoms with E-state index in [-0.39, 0.29) is 4.99 Å². The second kappa shape index (κ2) is 4.26. The number of aryl methyl sites for hydroxylation is 2. The van der Waals surface area contributed by atoms with Crippen molar-refractivity contribution in [2.75, 3.05) is 0 Å². The van der Waals surface area contributed by atoms with Crippen LogP contribution >= 0.6 is 23.6 Å². The second-order valence-electron chi connectivity index (χ2n) is 3.38. The molecule has 0 saturated heterocycles. The molecule has 16 heavy (non-hydrogen) atoms. The van der Waals surface area contributed by atoms with Crippen molar-refractivity contribution in [2.45, 2.75) is 20.4 Å². The molecule has 0 unspecified atom stereocenters. The van der Waals surface area contributed by atoms with Crippen molar-refractivity contribution >= 4 is 28.5 Å². The molecular formula is C9H11N5S2. The van der Waals surface area contributed by atoms with Gasteiger partial charge in [-0.3, -0.25) is 0 Å². The molecule has 0 aliphatic carbocycles. The third kappa shape index (κ3) is 2.25. The molecular weight excluding hydrogens is 242 g/mol. The minimum absolute atomic E-state index is 0.213. The van der Waals surface area contributed by atoms with Crippen LogP contribution in [0.3, 0.4) is 0 Å². The van der Waals surface area contributed by atoms with Crippen molar-refractivity contribution < 1.29 is 0 Å². The number of thiazole rings is 1.